The standard InChI is InChI=1S/C28H30N4O2S/c1-34-24-15-11-20(12-16-24)18-32-26-25(8-5-17-29-26)31-28(32)35-19-21-9-13-22(14-10-21)27(33)30-23-6-3-2-4-7-23/h5,8-17,23H,2-4,6-7,18-19H2,1H3,(H,30,33). The van der Waals surface area contributed by atoms with Crippen LogP contribution in [0.4, 0.5) is 0 Å². The maximum Gasteiger partial charge on any atom is 0.251 e. The van der Waals surface area contributed by atoms with E-state index in [-0.39, 0.29) is 5.91 Å². The molecule has 0 radical (unpaired) electrons. The number of carbonyl (C=O) groups is 1. The zero-order valence-corrected chi connectivity index (χ0v) is 20.8. The number of benzene rings is 2. The summed E-state index contributed by atoms with van der Waals surface area (Å²) in [4.78, 5) is 22.0. The van der Waals surface area contributed by atoms with E-state index in [9.17, 15) is 4.79 Å². The minimum Gasteiger partial charge on any atom is -0.497 e. The quantitative estimate of drug-likeness (QED) is 0.317. The van der Waals surface area contributed by atoms with Gasteiger partial charge in [-0.05, 0) is 60.4 Å². The number of nitrogens with one attached hydrogen (secondary N) is 1. The van der Waals surface area contributed by atoms with Crippen molar-refractivity contribution in [3.05, 3.63) is 83.6 Å². The molecule has 1 aliphatic carbocycles. The summed E-state index contributed by atoms with van der Waals surface area (Å²) in [5, 5.41) is 4.12. The second-order valence-corrected chi connectivity index (χ2v) is 9.91. The first kappa shape index (κ1) is 23.4. The van der Waals surface area contributed by atoms with Crippen LogP contribution in [0.15, 0.2) is 72.0 Å². The molecule has 1 N–H and O–H groups in total. The molecule has 0 bridgehead atoms. The third-order valence-corrected chi connectivity index (χ3v) is 7.54. The predicted molar refractivity (Wildman–Crippen MR) is 140 cm³/mol. The first-order valence-electron chi connectivity index (χ1n) is 12.2. The average molecular weight is 487 g/mol. The van der Waals surface area contributed by atoms with Crippen molar-refractivity contribution in [2.45, 2.75) is 55.6 Å². The van der Waals surface area contributed by atoms with E-state index >= 15 is 0 Å². The zero-order valence-electron chi connectivity index (χ0n) is 19.9. The number of ether oxygens (including phenoxy) is 1. The molecule has 1 amide bonds. The molecule has 2 aromatic carbocycles. The van der Waals surface area contributed by atoms with Crippen LogP contribution in [0.2, 0.25) is 0 Å². The summed E-state index contributed by atoms with van der Waals surface area (Å²) in [6, 6.07) is 20.2. The van der Waals surface area contributed by atoms with Crippen LogP contribution in [-0.2, 0) is 12.3 Å². The fraction of sp³-hybridized carbons (Fsp3) is 0.321. The normalized spacial score (nSPS) is 14.2. The summed E-state index contributed by atoms with van der Waals surface area (Å²) in [7, 11) is 1.67. The molecule has 0 spiro atoms. The number of thioether (sulfide) groups is 1. The van der Waals surface area contributed by atoms with E-state index in [1.165, 1.54) is 19.3 Å². The second kappa shape index (κ2) is 11.0. The van der Waals surface area contributed by atoms with Crippen LogP contribution >= 0.6 is 11.8 Å². The molecular weight excluding hydrogens is 456 g/mol. The van der Waals surface area contributed by atoms with Gasteiger partial charge in [-0.15, -0.1) is 0 Å². The molecule has 7 heteroatoms. The van der Waals surface area contributed by atoms with Gasteiger partial charge in [-0.2, -0.15) is 0 Å². The lowest BCUT2D eigenvalue weighted by Crippen LogP contribution is -2.36. The Hall–Kier alpha value is -3.32. The second-order valence-electron chi connectivity index (χ2n) is 8.97. The third-order valence-electron chi connectivity index (χ3n) is 6.49. The Morgan fingerprint density at radius 2 is 1.77 bits per heavy atom. The smallest absolute Gasteiger partial charge is 0.251 e. The molecule has 1 aliphatic rings. The number of methoxy groups -OCH3 is 1. The minimum atomic E-state index is 0.0310. The Bertz CT molecular complexity index is 1280. The van der Waals surface area contributed by atoms with Gasteiger partial charge in [0.1, 0.15) is 11.3 Å². The Balaban J connectivity index is 1.28. The van der Waals surface area contributed by atoms with E-state index in [1.54, 1.807) is 25.1 Å². The molecule has 1 saturated carbocycles. The van der Waals surface area contributed by atoms with Gasteiger partial charge in [0.25, 0.3) is 5.91 Å². The van der Waals surface area contributed by atoms with E-state index in [1.807, 2.05) is 48.5 Å². The average Bonchev–Trinajstić information content (AvgIpc) is 3.26. The molecule has 35 heavy (non-hydrogen) atoms. The largest absolute Gasteiger partial charge is 0.497 e. The van der Waals surface area contributed by atoms with Crippen molar-refractivity contribution in [1.29, 1.82) is 0 Å². The summed E-state index contributed by atoms with van der Waals surface area (Å²) in [6.07, 6.45) is 7.68. The van der Waals surface area contributed by atoms with Crippen molar-refractivity contribution >= 4 is 28.8 Å². The number of aromatic nitrogens is 3. The number of hydrogen-bond acceptors (Lipinski definition) is 5. The van der Waals surface area contributed by atoms with Crippen LogP contribution in [0, 0.1) is 0 Å². The highest BCUT2D eigenvalue weighted by Crippen LogP contribution is 2.27. The molecule has 0 aliphatic heterocycles. The monoisotopic (exact) mass is 486 g/mol. The van der Waals surface area contributed by atoms with Crippen LogP contribution < -0.4 is 10.1 Å². The molecule has 180 valence electrons. The van der Waals surface area contributed by atoms with Gasteiger partial charge in [-0.3, -0.25) is 9.36 Å². The van der Waals surface area contributed by atoms with Gasteiger partial charge in [0, 0.05) is 23.6 Å². The number of hydrogen-bond donors (Lipinski definition) is 1. The SMILES string of the molecule is COc1ccc(Cn2c(SCc3ccc(C(=O)NC4CCCCC4)cc3)nc3cccnc32)cc1. The molecule has 2 aromatic heterocycles. The Labute approximate surface area is 210 Å². The van der Waals surface area contributed by atoms with Crippen molar-refractivity contribution in [3.8, 4) is 5.75 Å². The number of pyridine rings is 1. The molecule has 4 aromatic rings. The van der Waals surface area contributed by atoms with Gasteiger partial charge in [0.2, 0.25) is 0 Å². The summed E-state index contributed by atoms with van der Waals surface area (Å²) in [6.45, 7) is 0.681. The molecule has 0 unspecified atom stereocenters. The molecule has 0 atom stereocenters. The van der Waals surface area contributed by atoms with Crippen LogP contribution in [0.5, 0.6) is 5.75 Å². The van der Waals surface area contributed by atoms with Crippen LogP contribution in [0.3, 0.4) is 0 Å². The number of amides is 1. The summed E-state index contributed by atoms with van der Waals surface area (Å²) >= 11 is 1.68. The van der Waals surface area contributed by atoms with E-state index in [0.717, 1.165) is 57.4 Å². The lowest BCUT2D eigenvalue weighted by molar-refractivity contribution is 0.0927. The maximum atomic E-state index is 12.6. The highest BCUT2D eigenvalue weighted by Gasteiger charge is 2.17. The number of imidazole rings is 1. The summed E-state index contributed by atoms with van der Waals surface area (Å²) < 4.78 is 7.45. The molecular formula is C28H30N4O2S. The van der Waals surface area contributed by atoms with Crippen LogP contribution in [0.25, 0.3) is 11.2 Å². The summed E-state index contributed by atoms with van der Waals surface area (Å²) in [5.41, 5.74) is 4.80. The van der Waals surface area contributed by atoms with Gasteiger partial charge in [0.05, 0.1) is 13.7 Å². The van der Waals surface area contributed by atoms with Gasteiger partial charge in [-0.1, -0.05) is 55.3 Å². The fourth-order valence-electron chi connectivity index (χ4n) is 4.52. The Kier molecular flexibility index (Phi) is 7.33. The van der Waals surface area contributed by atoms with Gasteiger partial charge in [-0.25, -0.2) is 9.97 Å². The molecule has 2 heterocycles. The Morgan fingerprint density at radius 1 is 1.03 bits per heavy atom. The molecule has 0 saturated heterocycles. The van der Waals surface area contributed by atoms with E-state index in [4.69, 9.17) is 9.72 Å². The highest BCUT2D eigenvalue weighted by atomic mass is 32.2. The minimum absolute atomic E-state index is 0.0310. The van der Waals surface area contributed by atoms with Crippen molar-refractivity contribution in [2.75, 3.05) is 7.11 Å². The lowest BCUT2D eigenvalue weighted by Gasteiger charge is -2.22. The van der Waals surface area contributed by atoms with Gasteiger partial charge in [0.15, 0.2) is 10.8 Å². The number of rotatable bonds is 8. The van der Waals surface area contributed by atoms with E-state index in [2.05, 4.69) is 27.0 Å². The number of fused-ring (bicyclic) bond motifs is 1. The summed E-state index contributed by atoms with van der Waals surface area (Å²) in [5.74, 6) is 1.63. The van der Waals surface area contributed by atoms with Crippen molar-refractivity contribution in [1.82, 2.24) is 19.9 Å². The van der Waals surface area contributed by atoms with Crippen LogP contribution in [0.1, 0.15) is 53.6 Å². The van der Waals surface area contributed by atoms with Crippen molar-refractivity contribution in [2.24, 2.45) is 0 Å². The Morgan fingerprint density at radius 3 is 2.51 bits per heavy atom. The van der Waals surface area contributed by atoms with Crippen molar-refractivity contribution < 1.29 is 9.53 Å². The van der Waals surface area contributed by atoms with E-state index < -0.39 is 0 Å². The number of carbonyl (C=O) groups excluding carboxylic acids is 1. The number of nitrogens with zero attached hydrogens (tertiary/aromatic N) is 3. The molecule has 1 fully saturated rings. The first-order valence-corrected chi connectivity index (χ1v) is 13.1. The lowest BCUT2D eigenvalue weighted by atomic mass is 9.95. The van der Waals surface area contributed by atoms with Gasteiger partial charge >= 0.3 is 0 Å². The first-order chi connectivity index (χ1) is 17.2. The maximum absolute atomic E-state index is 12.6. The van der Waals surface area contributed by atoms with E-state index in [0.29, 0.717) is 12.6 Å². The fourth-order valence-corrected chi connectivity index (χ4v) is 5.48. The van der Waals surface area contributed by atoms with Crippen molar-refractivity contribution in [3.63, 3.8) is 0 Å². The van der Waals surface area contributed by atoms with Gasteiger partial charge < -0.3 is 10.1 Å². The molecule has 6 nitrogen and oxygen atoms in total. The molecule has 5 rings (SSSR count). The van der Waals surface area contributed by atoms with Crippen LogP contribution in [-0.4, -0.2) is 33.6 Å². The predicted octanol–water partition coefficient (Wildman–Crippen LogP) is 5.84. The highest BCUT2D eigenvalue weighted by molar-refractivity contribution is 7.98. The zero-order chi connectivity index (χ0) is 24.0. The topological polar surface area (TPSA) is 69.0 Å². The third kappa shape index (κ3) is 5.68.